The summed E-state index contributed by atoms with van der Waals surface area (Å²) in [6, 6.07) is 8.64. The van der Waals surface area contributed by atoms with Crippen LogP contribution in [0, 0.1) is 5.82 Å². The number of amides is 1. The number of anilines is 4. The van der Waals surface area contributed by atoms with E-state index in [-0.39, 0.29) is 19.7 Å². The highest BCUT2D eigenvalue weighted by molar-refractivity contribution is 6.76. The number of aliphatic hydroxyl groups excluding tert-OH is 1. The first-order valence-electron chi connectivity index (χ1n) is 20.2. The summed E-state index contributed by atoms with van der Waals surface area (Å²) in [6.07, 6.45) is 5.14. The monoisotopic (exact) mass is 900 g/mol. The molecule has 1 amide bonds. The van der Waals surface area contributed by atoms with Gasteiger partial charge < -0.3 is 30.1 Å². The molecule has 1 saturated heterocycles. The molecular weight excluding hydrogens is 845 g/mol. The second-order valence-corrected chi connectivity index (χ2v) is 28.4. The zero-order valence-corrected chi connectivity index (χ0v) is 38.0. The summed E-state index contributed by atoms with van der Waals surface area (Å²) in [5, 5.41) is 24.0. The van der Waals surface area contributed by atoms with Crippen LogP contribution in [0.5, 0.6) is 0 Å². The van der Waals surface area contributed by atoms with E-state index in [4.69, 9.17) is 14.6 Å². The van der Waals surface area contributed by atoms with Crippen molar-refractivity contribution >= 4 is 45.3 Å². The van der Waals surface area contributed by atoms with E-state index >= 15 is 0 Å². The zero-order chi connectivity index (χ0) is 44.9. The fourth-order valence-electron chi connectivity index (χ4n) is 5.85. The zero-order valence-electron chi connectivity index (χ0n) is 36.0. The molecule has 22 heteroatoms. The SMILES string of the molecule is C[Si](C)(C)CCOCn1ccc(Nc2cncc(CN3CCN(C(=O)c4cccc(C(F)(F)F)c4F)CC3)n2)n1.C[Si](C)(C)CCOCn1ccc(Nc2cncc(CO)n2)n1. The van der Waals surface area contributed by atoms with Gasteiger partial charge in [0.1, 0.15) is 25.1 Å². The average molecular weight is 901 g/mol. The third kappa shape index (κ3) is 15.6. The van der Waals surface area contributed by atoms with Crippen LogP contribution in [0.25, 0.3) is 0 Å². The third-order valence-electron chi connectivity index (χ3n) is 9.34. The van der Waals surface area contributed by atoms with Crippen molar-refractivity contribution in [2.75, 3.05) is 50.0 Å². The maximum atomic E-state index is 14.4. The molecule has 0 atom stereocenters. The largest absolute Gasteiger partial charge is 0.419 e. The van der Waals surface area contributed by atoms with Gasteiger partial charge in [-0.25, -0.2) is 23.7 Å². The van der Waals surface area contributed by atoms with Crippen molar-refractivity contribution in [3.63, 3.8) is 0 Å². The van der Waals surface area contributed by atoms with E-state index in [1.54, 1.807) is 28.0 Å². The molecule has 0 bridgehead atoms. The van der Waals surface area contributed by atoms with Crippen LogP contribution >= 0.6 is 0 Å². The Kier molecular flexibility index (Phi) is 16.8. The van der Waals surface area contributed by atoms with Crippen molar-refractivity contribution in [3.05, 3.63) is 95.8 Å². The lowest BCUT2D eigenvalue weighted by molar-refractivity contribution is -0.140. The Morgan fingerprint density at radius 1 is 0.742 bits per heavy atom. The topological polar surface area (TPSA) is 174 Å². The van der Waals surface area contributed by atoms with Crippen molar-refractivity contribution in [1.82, 2.24) is 49.3 Å². The molecule has 16 nitrogen and oxygen atoms in total. The molecule has 1 fully saturated rings. The molecule has 0 spiro atoms. The lowest BCUT2D eigenvalue weighted by atomic mass is 10.1. The normalized spacial score (nSPS) is 13.8. The van der Waals surface area contributed by atoms with E-state index in [0.29, 0.717) is 80.4 Å². The molecule has 5 aromatic rings. The van der Waals surface area contributed by atoms with Crippen molar-refractivity contribution in [2.24, 2.45) is 0 Å². The van der Waals surface area contributed by atoms with E-state index in [0.717, 1.165) is 30.8 Å². The first-order chi connectivity index (χ1) is 29.3. The molecule has 1 aliphatic rings. The quantitative estimate of drug-likeness (QED) is 0.0464. The number of nitrogens with zero attached hydrogens (tertiary/aromatic N) is 10. The predicted octanol–water partition coefficient (Wildman–Crippen LogP) is 7.07. The second-order valence-electron chi connectivity index (χ2n) is 17.1. The van der Waals surface area contributed by atoms with Gasteiger partial charge >= 0.3 is 6.18 Å². The fraction of sp³-hybridized carbons (Fsp3) is 0.475. The Morgan fingerprint density at radius 3 is 1.76 bits per heavy atom. The van der Waals surface area contributed by atoms with Crippen molar-refractivity contribution in [3.8, 4) is 0 Å². The first-order valence-corrected chi connectivity index (χ1v) is 27.6. The van der Waals surface area contributed by atoms with Gasteiger partial charge in [0, 0.05) is 92.8 Å². The Bertz CT molecular complexity index is 2190. The minimum atomic E-state index is -4.87. The summed E-state index contributed by atoms with van der Waals surface area (Å²) in [5.41, 5.74) is -0.808. The number of rotatable bonds is 18. The number of hydrogen-bond donors (Lipinski definition) is 3. The van der Waals surface area contributed by atoms with E-state index in [1.165, 1.54) is 11.1 Å². The van der Waals surface area contributed by atoms with Crippen LogP contribution in [-0.2, 0) is 42.3 Å². The summed E-state index contributed by atoms with van der Waals surface area (Å²) in [6.45, 7) is 17.9. The second kappa shape index (κ2) is 21.8. The number of carbonyl (C=O) groups excluding carboxylic acids is 1. The molecule has 4 aromatic heterocycles. The maximum Gasteiger partial charge on any atom is 0.419 e. The molecule has 5 heterocycles. The molecular formula is C40H56F4N12O4Si2. The highest BCUT2D eigenvalue weighted by Gasteiger charge is 2.36. The number of carbonyl (C=O) groups is 1. The summed E-state index contributed by atoms with van der Waals surface area (Å²) in [7, 11) is -2.20. The summed E-state index contributed by atoms with van der Waals surface area (Å²) >= 11 is 0. The molecule has 336 valence electrons. The molecule has 0 unspecified atom stereocenters. The van der Waals surface area contributed by atoms with Gasteiger partial charge in [-0.2, -0.15) is 23.4 Å². The Hall–Kier alpha value is -5.14. The lowest BCUT2D eigenvalue weighted by Crippen LogP contribution is -2.48. The van der Waals surface area contributed by atoms with Crippen LogP contribution in [0.3, 0.4) is 0 Å². The van der Waals surface area contributed by atoms with Crippen LogP contribution in [0.2, 0.25) is 51.4 Å². The van der Waals surface area contributed by atoms with Crippen molar-refractivity contribution in [2.45, 2.75) is 84.2 Å². The molecule has 1 aromatic carbocycles. The summed E-state index contributed by atoms with van der Waals surface area (Å²) in [5.74, 6) is 0.0524. The van der Waals surface area contributed by atoms with Gasteiger partial charge in [0.15, 0.2) is 17.5 Å². The highest BCUT2D eigenvalue weighted by atomic mass is 28.3. The average Bonchev–Trinajstić information content (AvgIpc) is 3.86. The van der Waals surface area contributed by atoms with Gasteiger partial charge in [-0.15, -0.1) is 0 Å². The van der Waals surface area contributed by atoms with E-state index in [2.05, 4.69) is 80.0 Å². The highest BCUT2D eigenvalue weighted by Crippen LogP contribution is 2.33. The minimum Gasteiger partial charge on any atom is -0.390 e. The van der Waals surface area contributed by atoms with Crippen molar-refractivity contribution < 1.29 is 36.9 Å². The van der Waals surface area contributed by atoms with Gasteiger partial charge in [-0.05, 0) is 24.2 Å². The van der Waals surface area contributed by atoms with Gasteiger partial charge in [-0.1, -0.05) is 45.3 Å². The molecule has 6 rings (SSSR count). The number of ether oxygens (including phenoxy) is 2. The van der Waals surface area contributed by atoms with Crippen LogP contribution in [0.15, 0.2) is 67.5 Å². The fourth-order valence-corrected chi connectivity index (χ4v) is 7.36. The Morgan fingerprint density at radius 2 is 1.26 bits per heavy atom. The van der Waals surface area contributed by atoms with E-state index in [1.807, 2.05) is 29.4 Å². The number of benzene rings is 1. The minimum absolute atomic E-state index is 0.137. The molecule has 62 heavy (non-hydrogen) atoms. The molecule has 3 N–H and O–H groups in total. The van der Waals surface area contributed by atoms with E-state index < -0.39 is 45.2 Å². The van der Waals surface area contributed by atoms with Crippen LogP contribution < -0.4 is 10.6 Å². The number of halogens is 4. The first kappa shape index (κ1) is 47.9. The van der Waals surface area contributed by atoms with Gasteiger partial charge in [0.2, 0.25) is 0 Å². The predicted molar refractivity (Wildman–Crippen MR) is 232 cm³/mol. The smallest absolute Gasteiger partial charge is 0.390 e. The number of nitrogens with one attached hydrogen (secondary N) is 2. The summed E-state index contributed by atoms with van der Waals surface area (Å²) < 4.78 is 68.3. The standard InChI is InChI=1S/C26H33F4N7O2Si.C14H23N5O2Si/c1-40(2,3)14-13-39-18-37-8-7-22(34-37)33-23-16-31-15-19(32-23)17-35-9-11-36(12-10-35)25(38)20-5-4-6-21(24(20)27)26(28,29)30;1-22(2,3)7-6-21-11-19-5-4-13(18-19)17-14-9-15-8-12(10-20)16-14/h4-8,15-16H,9-14,17-18H2,1-3H3,(H,32,33,34);4-5,8-9,20H,6-7,10-11H2,1-3H3,(H,16,17,18). The Balaban J connectivity index is 0.000000278. The van der Waals surface area contributed by atoms with Crippen LogP contribution in [0.4, 0.5) is 40.8 Å². The number of aliphatic hydroxyl groups is 1. The number of hydrogen-bond acceptors (Lipinski definition) is 13. The molecule has 0 saturated carbocycles. The Labute approximate surface area is 360 Å². The van der Waals surface area contributed by atoms with Gasteiger partial charge in [-0.3, -0.25) is 19.7 Å². The van der Waals surface area contributed by atoms with Gasteiger partial charge in [0.25, 0.3) is 5.91 Å². The van der Waals surface area contributed by atoms with Crippen molar-refractivity contribution in [1.29, 1.82) is 0 Å². The van der Waals surface area contributed by atoms with Gasteiger partial charge in [0.05, 0.1) is 47.7 Å². The molecule has 1 aliphatic heterocycles. The third-order valence-corrected chi connectivity index (χ3v) is 12.8. The number of alkyl halides is 3. The molecule has 0 radical (unpaired) electrons. The number of piperazine rings is 1. The lowest BCUT2D eigenvalue weighted by Gasteiger charge is -2.34. The van der Waals surface area contributed by atoms with Crippen LogP contribution in [0.1, 0.15) is 27.3 Å². The van der Waals surface area contributed by atoms with Crippen LogP contribution in [-0.4, -0.2) is 116 Å². The summed E-state index contributed by atoms with van der Waals surface area (Å²) in [4.78, 5) is 33.2. The molecule has 0 aliphatic carbocycles. The van der Waals surface area contributed by atoms with E-state index in [9.17, 15) is 22.4 Å². The maximum absolute atomic E-state index is 14.4. The number of aromatic nitrogens is 8.